The number of unbranched alkanes of at least 4 members (excludes halogenated alkanes) is 1. The number of nitrogens with two attached hydrogens (primary N) is 1. The summed E-state index contributed by atoms with van der Waals surface area (Å²) >= 11 is 1.48. The average molecular weight is 242 g/mol. The monoisotopic (exact) mass is 242 g/mol. The lowest BCUT2D eigenvalue weighted by atomic mass is 10.3. The van der Waals surface area contributed by atoms with Gasteiger partial charge in [-0.25, -0.2) is 9.97 Å². The van der Waals surface area contributed by atoms with Crippen molar-refractivity contribution in [2.75, 3.05) is 37.6 Å². The van der Waals surface area contributed by atoms with E-state index in [0.717, 1.165) is 31.8 Å². The molecule has 5 nitrogen and oxygen atoms in total. The third kappa shape index (κ3) is 4.67. The third-order valence-corrected chi connectivity index (χ3v) is 2.54. The predicted octanol–water partition coefficient (Wildman–Crippen LogP) is 1.62. The Morgan fingerprint density at radius 2 is 2.25 bits per heavy atom. The fourth-order valence-corrected chi connectivity index (χ4v) is 1.60. The summed E-state index contributed by atoms with van der Waals surface area (Å²) in [6.45, 7) is 1.66. The van der Waals surface area contributed by atoms with Crippen LogP contribution in [0.5, 0.6) is 0 Å². The van der Waals surface area contributed by atoms with Crippen LogP contribution in [0.25, 0.3) is 0 Å². The minimum Gasteiger partial charge on any atom is -0.385 e. The van der Waals surface area contributed by atoms with Crippen LogP contribution in [0, 0.1) is 0 Å². The van der Waals surface area contributed by atoms with E-state index in [2.05, 4.69) is 15.3 Å². The molecule has 1 aromatic rings. The zero-order chi connectivity index (χ0) is 11.8. The summed E-state index contributed by atoms with van der Waals surface area (Å²) in [5.41, 5.74) is 5.66. The highest BCUT2D eigenvalue weighted by molar-refractivity contribution is 7.98. The molecule has 0 radical (unpaired) electrons. The van der Waals surface area contributed by atoms with E-state index in [0.29, 0.717) is 11.0 Å². The number of hydrogen-bond acceptors (Lipinski definition) is 6. The summed E-state index contributed by atoms with van der Waals surface area (Å²) in [7, 11) is 1.71. The zero-order valence-electron chi connectivity index (χ0n) is 9.69. The van der Waals surface area contributed by atoms with Crippen LogP contribution >= 0.6 is 11.8 Å². The number of nitrogens with one attached hydrogen (secondary N) is 1. The van der Waals surface area contributed by atoms with E-state index in [1.807, 2.05) is 6.26 Å². The number of hydrogen-bond donors (Lipinski definition) is 2. The van der Waals surface area contributed by atoms with Crippen LogP contribution in [0.4, 0.5) is 11.6 Å². The number of aromatic nitrogens is 2. The molecule has 0 aromatic carbocycles. The summed E-state index contributed by atoms with van der Waals surface area (Å²) in [4.78, 5) is 8.38. The molecule has 0 saturated carbocycles. The number of ether oxygens (including phenoxy) is 1. The largest absolute Gasteiger partial charge is 0.385 e. The van der Waals surface area contributed by atoms with E-state index >= 15 is 0 Å². The molecule has 16 heavy (non-hydrogen) atoms. The maximum absolute atomic E-state index is 5.66. The van der Waals surface area contributed by atoms with Gasteiger partial charge in [0, 0.05) is 26.3 Å². The molecule has 0 fully saturated rings. The molecule has 3 N–H and O–H groups in total. The molecule has 1 heterocycles. The van der Waals surface area contributed by atoms with E-state index in [-0.39, 0.29) is 0 Å². The van der Waals surface area contributed by atoms with Crippen molar-refractivity contribution in [1.29, 1.82) is 0 Å². The van der Waals surface area contributed by atoms with Crippen LogP contribution in [-0.4, -0.2) is 36.5 Å². The van der Waals surface area contributed by atoms with Crippen molar-refractivity contribution in [3.05, 3.63) is 6.07 Å². The molecule has 0 amide bonds. The van der Waals surface area contributed by atoms with Crippen molar-refractivity contribution in [2.45, 2.75) is 18.0 Å². The standard InChI is InChI=1S/C10H18N4OS/c1-15-6-4-3-5-12-9-7-8(11)13-10(14-9)16-2/h7H,3-6H2,1-2H3,(H3,11,12,13,14). The fourth-order valence-electron chi connectivity index (χ4n) is 1.21. The predicted molar refractivity (Wildman–Crippen MR) is 67.8 cm³/mol. The van der Waals surface area contributed by atoms with Gasteiger partial charge in [0.05, 0.1) is 0 Å². The Morgan fingerprint density at radius 3 is 2.94 bits per heavy atom. The minimum absolute atomic E-state index is 0.499. The molecule has 1 rings (SSSR count). The molecule has 0 unspecified atom stereocenters. The summed E-state index contributed by atoms with van der Waals surface area (Å²) in [5.74, 6) is 1.29. The van der Waals surface area contributed by atoms with Crippen molar-refractivity contribution in [1.82, 2.24) is 9.97 Å². The van der Waals surface area contributed by atoms with Crippen LogP contribution in [0.3, 0.4) is 0 Å². The highest BCUT2D eigenvalue weighted by Crippen LogP contribution is 2.14. The highest BCUT2D eigenvalue weighted by atomic mass is 32.2. The number of thioether (sulfide) groups is 1. The normalized spacial score (nSPS) is 10.4. The molecule has 0 aliphatic carbocycles. The average Bonchev–Trinajstić information content (AvgIpc) is 2.28. The first-order chi connectivity index (χ1) is 7.76. The SMILES string of the molecule is COCCCCNc1cc(N)nc(SC)n1. The minimum atomic E-state index is 0.499. The Balaban J connectivity index is 2.38. The highest BCUT2D eigenvalue weighted by Gasteiger charge is 2.00. The van der Waals surface area contributed by atoms with Crippen molar-refractivity contribution < 1.29 is 4.74 Å². The van der Waals surface area contributed by atoms with Gasteiger partial charge >= 0.3 is 0 Å². The van der Waals surface area contributed by atoms with Crippen LogP contribution in [0.1, 0.15) is 12.8 Å². The van der Waals surface area contributed by atoms with Crippen molar-refractivity contribution >= 4 is 23.4 Å². The van der Waals surface area contributed by atoms with Gasteiger partial charge in [0.2, 0.25) is 0 Å². The molecule has 0 spiro atoms. The second kappa shape index (κ2) is 7.29. The number of anilines is 2. The number of rotatable bonds is 7. The molecule has 0 bridgehead atoms. The van der Waals surface area contributed by atoms with Gasteiger partial charge in [-0.05, 0) is 19.1 Å². The van der Waals surface area contributed by atoms with Gasteiger partial charge in [0.25, 0.3) is 0 Å². The first kappa shape index (κ1) is 13.1. The molecule has 0 aliphatic heterocycles. The third-order valence-electron chi connectivity index (χ3n) is 1.99. The van der Waals surface area contributed by atoms with Gasteiger partial charge in [-0.3, -0.25) is 0 Å². The molecule has 0 saturated heterocycles. The Hall–Kier alpha value is -1.01. The van der Waals surface area contributed by atoms with E-state index < -0.39 is 0 Å². The van der Waals surface area contributed by atoms with Gasteiger partial charge in [0.15, 0.2) is 5.16 Å². The number of nitrogens with zero attached hydrogens (tertiary/aromatic N) is 2. The van der Waals surface area contributed by atoms with Crippen molar-refractivity contribution in [3.8, 4) is 0 Å². The summed E-state index contributed by atoms with van der Waals surface area (Å²) in [6, 6.07) is 1.75. The van der Waals surface area contributed by atoms with Crippen molar-refractivity contribution in [3.63, 3.8) is 0 Å². The smallest absolute Gasteiger partial charge is 0.191 e. The summed E-state index contributed by atoms with van der Waals surface area (Å²) < 4.78 is 4.97. The van der Waals surface area contributed by atoms with Crippen LogP contribution in [0.2, 0.25) is 0 Å². The molecule has 6 heteroatoms. The lowest BCUT2D eigenvalue weighted by molar-refractivity contribution is 0.194. The Labute approximate surface area is 100 Å². The van der Waals surface area contributed by atoms with Gasteiger partial charge < -0.3 is 15.8 Å². The van der Waals surface area contributed by atoms with Crippen LogP contribution in [0.15, 0.2) is 11.2 Å². The zero-order valence-corrected chi connectivity index (χ0v) is 10.5. The first-order valence-electron chi connectivity index (χ1n) is 5.17. The quantitative estimate of drug-likeness (QED) is 0.430. The Morgan fingerprint density at radius 1 is 1.44 bits per heavy atom. The maximum atomic E-state index is 5.66. The van der Waals surface area contributed by atoms with E-state index in [1.54, 1.807) is 13.2 Å². The van der Waals surface area contributed by atoms with E-state index in [1.165, 1.54) is 11.8 Å². The second-order valence-electron chi connectivity index (χ2n) is 3.29. The molecule has 90 valence electrons. The first-order valence-corrected chi connectivity index (χ1v) is 6.40. The van der Waals surface area contributed by atoms with Gasteiger partial charge in [-0.2, -0.15) is 0 Å². The molecule has 0 atom stereocenters. The lowest BCUT2D eigenvalue weighted by Gasteiger charge is -2.07. The fraction of sp³-hybridized carbons (Fsp3) is 0.600. The molecular formula is C10H18N4OS. The maximum Gasteiger partial charge on any atom is 0.191 e. The topological polar surface area (TPSA) is 73.1 Å². The van der Waals surface area contributed by atoms with Gasteiger partial charge in [0.1, 0.15) is 11.6 Å². The summed E-state index contributed by atoms with van der Waals surface area (Å²) in [5, 5.41) is 3.91. The number of methoxy groups -OCH3 is 1. The lowest BCUT2D eigenvalue weighted by Crippen LogP contribution is -2.06. The molecular weight excluding hydrogens is 224 g/mol. The molecule has 0 aliphatic rings. The number of nitrogen functional groups attached to an aromatic ring is 1. The van der Waals surface area contributed by atoms with Gasteiger partial charge in [-0.15, -0.1) is 0 Å². The van der Waals surface area contributed by atoms with Crippen LogP contribution < -0.4 is 11.1 Å². The van der Waals surface area contributed by atoms with Crippen LogP contribution in [-0.2, 0) is 4.74 Å². The van der Waals surface area contributed by atoms with E-state index in [4.69, 9.17) is 10.5 Å². The van der Waals surface area contributed by atoms with E-state index in [9.17, 15) is 0 Å². The Kier molecular flexibility index (Phi) is 5.95. The molecule has 1 aromatic heterocycles. The Bertz CT molecular complexity index is 322. The summed E-state index contributed by atoms with van der Waals surface area (Å²) in [6.07, 6.45) is 4.02. The van der Waals surface area contributed by atoms with Gasteiger partial charge in [-0.1, -0.05) is 11.8 Å². The van der Waals surface area contributed by atoms with Crippen molar-refractivity contribution in [2.24, 2.45) is 0 Å². The second-order valence-corrected chi connectivity index (χ2v) is 4.06.